The molecule has 1 aliphatic heterocycles. The van der Waals surface area contributed by atoms with E-state index in [2.05, 4.69) is 41.9 Å². The molecule has 2 rings (SSSR count). The summed E-state index contributed by atoms with van der Waals surface area (Å²) in [4.78, 5) is 0. The predicted octanol–water partition coefficient (Wildman–Crippen LogP) is 1.77. The average molecular weight is 251 g/mol. The molecule has 1 aromatic heterocycles. The quantitative estimate of drug-likeness (QED) is 0.867. The van der Waals surface area contributed by atoms with Crippen LogP contribution in [-0.2, 0) is 17.7 Å². The molecule has 1 saturated heterocycles. The van der Waals surface area contributed by atoms with Crippen LogP contribution in [0.4, 0.5) is 0 Å². The minimum atomic E-state index is 0.570. The maximum Gasteiger partial charge on any atom is 0.0596 e. The second-order valence-electron chi connectivity index (χ2n) is 5.08. The fourth-order valence-electron chi connectivity index (χ4n) is 2.83. The van der Waals surface area contributed by atoms with Crippen molar-refractivity contribution in [3.8, 4) is 0 Å². The van der Waals surface area contributed by atoms with Gasteiger partial charge in [0.1, 0.15) is 0 Å². The fourth-order valence-corrected chi connectivity index (χ4v) is 2.83. The SMILES string of the molecule is CCNC1CCOCC1Cc1cc(C)nn1CC. The van der Waals surface area contributed by atoms with Gasteiger partial charge >= 0.3 is 0 Å². The molecule has 2 heterocycles. The molecule has 1 aliphatic rings. The largest absolute Gasteiger partial charge is 0.381 e. The lowest BCUT2D eigenvalue weighted by atomic mass is 9.91. The summed E-state index contributed by atoms with van der Waals surface area (Å²) in [5.41, 5.74) is 2.46. The van der Waals surface area contributed by atoms with Crippen LogP contribution in [0.2, 0.25) is 0 Å². The van der Waals surface area contributed by atoms with Gasteiger partial charge < -0.3 is 10.1 Å². The number of aromatic nitrogens is 2. The van der Waals surface area contributed by atoms with Crippen LogP contribution in [0.1, 0.15) is 31.7 Å². The van der Waals surface area contributed by atoms with Gasteiger partial charge in [-0.2, -0.15) is 5.10 Å². The minimum Gasteiger partial charge on any atom is -0.381 e. The minimum absolute atomic E-state index is 0.570. The summed E-state index contributed by atoms with van der Waals surface area (Å²) >= 11 is 0. The van der Waals surface area contributed by atoms with E-state index in [-0.39, 0.29) is 0 Å². The zero-order chi connectivity index (χ0) is 13.0. The first-order chi connectivity index (χ1) is 8.74. The summed E-state index contributed by atoms with van der Waals surface area (Å²) in [6.07, 6.45) is 2.18. The number of hydrogen-bond donors (Lipinski definition) is 1. The van der Waals surface area contributed by atoms with Crippen LogP contribution < -0.4 is 5.32 Å². The fraction of sp³-hybridized carbons (Fsp3) is 0.786. The molecule has 4 nitrogen and oxygen atoms in total. The molecule has 2 unspecified atom stereocenters. The van der Waals surface area contributed by atoms with Crippen molar-refractivity contribution in [3.63, 3.8) is 0 Å². The molecule has 0 aliphatic carbocycles. The van der Waals surface area contributed by atoms with Crippen LogP contribution in [0.5, 0.6) is 0 Å². The maximum absolute atomic E-state index is 5.64. The van der Waals surface area contributed by atoms with Gasteiger partial charge in [-0.3, -0.25) is 4.68 Å². The standard InChI is InChI=1S/C14H25N3O/c1-4-15-14-6-7-18-10-12(14)9-13-8-11(3)16-17(13)5-2/h8,12,14-15H,4-7,9-10H2,1-3H3. The summed E-state index contributed by atoms with van der Waals surface area (Å²) in [7, 11) is 0. The summed E-state index contributed by atoms with van der Waals surface area (Å²) in [5.74, 6) is 0.570. The molecule has 4 heteroatoms. The van der Waals surface area contributed by atoms with E-state index in [0.717, 1.165) is 44.8 Å². The number of hydrogen-bond acceptors (Lipinski definition) is 3. The molecule has 1 N–H and O–H groups in total. The Morgan fingerprint density at radius 2 is 2.33 bits per heavy atom. The normalized spacial score (nSPS) is 24.4. The first-order valence-corrected chi connectivity index (χ1v) is 7.09. The Bertz CT molecular complexity index is 373. The van der Waals surface area contributed by atoms with Crippen LogP contribution in [0.3, 0.4) is 0 Å². The van der Waals surface area contributed by atoms with Crippen molar-refractivity contribution in [1.82, 2.24) is 15.1 Å². The van der Waals surface area contributed by atoms with E-state index < -0.39 is 0 Å². The van der Waals surface area contributed by atoms with Crippen LogP contribution in [-0.4, -0.2) is 35.6 Å². The van der Waals surface area contributed by atoms with Crippen molar-refractivity contribution >= 4 is 0 Å². The van der Waals surface area contributed by atoms with Gasteiger partial charge in [-0.05, 0) is 39.3 Å². The number of rotatable bonds is 5. The third-order valence-corrected chi connectivity index (χ3v) is 3.70. The van der Waals surface area contributed by atoms with E-state index in [1.54, 1.807) is 0 Å². The topological polar surface area (TPSA) is 39.1 Å². The monoisotopic (exact) mass is 251 g/mol. The highest BCUT2D eigenvalue weighted by Gasteiger charge is 2.26. The zero-order valence-electron chi connectivity index (χ0n) is 11.8. The number of aryl methyl sites for hydroxylation is 2. The Kier molecular flexibility index (Phi) is 4.78. The third kappa shape index (κ3) is 3.12. The van der Waals surface area contributed by atoms with E-state index in [4.69, 9.17) is 4.74 Å². The number of nitrogens with zero attached hydrogens (tertiary/aromatic N) is 2. The van der Waals surface area contributed by atoms with Gasteiger partial charge in [0.2, 0.25) is 0 Å². The molecule has 0 saturated carbocycles. The molecule has 0 bridgehead atoms. The number of ether oxygens (including phenoxy) is 1. The lowest BCUT2D eigenvalue weighted by Crippen LogP contribution is -2.43. The first kappa shape index (κ1) is 13.6. The van der Waals surface area contributed by atoms with Crippen molar-refractivity contribution in [2.45, 2.75) is 46.2 Å². The molecule has 0 aromatic carbocycles. The molecule has 1 fully saturated rings. The molecule has 2 atom stereocenters. The van der Waals surface area contributed by atoms with Gasteiger partial charge in [0.05, 0.1) is 12.3 Å². The molecule has 0 spiro atoms. The van der Waals surface area contributed by atoms with Crippen molar-refractivity contribution in [2.75, 3.05) is 19.8 Å². The van der Waals surface area contributed by atoms with Gasteiger partial charge in [0.15, 0.2) is 0 Å². The average Bonchev–Trinajstić information content (AvgIpc) is 2.72. The molecule has 18 heavy (non-hydrogen) atoms. The van der Waals surface area contributed by atoms with Crippen molar-refractivity contribution in [1.29, 1.82) is 0 Å². The smallest absolute Gasteiger partial charge is 0.0596 e. The Hall–Kier alpha value is -0.870. The molecule has 0 radical (unpaired) electrons. The predicted molar refractivity (Wildman–Crippen MR) is 72.7 cm³/mol. The molecule has 1 aromatic rings. The third-order valence-electron chi connectivity index (χ3n) is 3.70. The Morgan fingerprint density at radius 1 is 1.50 bits per heavy atom. The lowest BCUT2D eigenvalue weighted by Gasteiger charge is -2.32. The summed E-state index contributed by atoms with van der Waals surface area (Å²) in [6.45, 7) is 10.1. The van der Waals surface area contributed by atoms with Gasteiger partial charge in [-0.25, -0.2) is 0 Å². The summed E-state index contributed by atoms with van der Waals surface area (Å²) in [6, 6.07) is 2.80. The van der Waals surface area contributed by atoms with Gasteiger partial charge in [-0.1, -0.05) is 6.92 Å². The van der Waals surface area contributed by atoms with E-state index in [1.807, 2.05) is 0 Å². The highest BCUT2D eigenvalue weighted by molar-refractivity contribution is 5.10. The first-order valence-electron chi connectivity index (χ1n) is 7.09. The lowest BCUT2D eigenvalue weighted by molar-refractivity contribution is 0.0319. The molecular weight excluding hydrogens is 226 g/mol. The van der Waals surface area contributed by atoms with Crippen LogP contribution >= 0.6 is 0 Å². The zero-order valence-corrected chi connectivity index (χ0v) is 11.8. The van der Waals surface area contributed by atoms with E-state index in [1.165, 1.54) is 5.69 Å². The summed E-state index contributed by atoms with van der Waals surface area (Å²) in [5, 5.41) is 8.11. The van der Waals surface area contributed by atoms with Gasteiger partial charge in [0, 0.05) is 30.8 Å². The Morgan fingerprint density at radius 3 is 3.06 bits per heavy atom. The molecule has 102 valence electrons. The van der Waals surface area contributed by atoms with E-state index >= 15 is 0 Å². The van der Waals surface area contributed by atoms with Crippen LogP contribution in [0.25, 0.3) is 0 Å². The second-order valence-corrected chi connectivity index (χ2v) is 5.08. The van der Waals surface area contributed by atoms with Crippen molar-refractivity contribution in [3.05, 3.63) is 17.5 Å². The highest BCUT2D eigenvalue weighted by atomic mass is 16.5. The Balaban J connectivity index is 2.05. The highest BCUT2D eigenvalue weighted by Crippen LogP contribution is 2.20. The Labute approximate surface area is 110 Å². The van der Waals surface area contributed by atoms with Crippen molar-refractivity contribution in [2.24, 2.45) is 5.92 Å². The number of nitrogens with one attached hydrogen (secondary N) is 1. The van der Waals surface area contributed by atoms with Crippen molar-refractivity contribution < 1.29 is 4.74 Å². The van der Waals surface area contributed by atoms with E-state index in [0.29, 0.717) is 12.0 Å². The second kappa shape index (κ2) is 6.34. The van der Waals surface area contributed by atoms with Gasteiger partial charge in [0.25, 0.3) is 0 Å². The molecular formula is C14H25N3O. The molecule has 0 amide bonds. The summed E-state index contributed by atoms with van der Waals surface area (Å²) < 4.78 is 7.76. The van der Waals surface area contributed by atoms with Gasteiger partial charge in [-0.15, -0.1) is 0 Å². The van der Waals surface area contributed by atoms with Crippen LogP contribution in [0.15, 0.2) is 6.07 Å². The van der Waals surface area contributed by atoms with E-state index in [9.17, 15) is 0 Å². The maximum atomic E-state index is 5.64. The van der Waals surface area contributed by atoms with Crippen LogP contribution in [0, 0.1) is 12.8 Å².